The minimum absolute atomic E-state index is 0.126. The third kappa shape index (κ3) is 4.13. The van der Waals surface area contributed by atoms with E-state index in [9.17, 15) is 4.79 Å². The van der Waals surface area contributed by atoms with Crippen LogP contribution in [-0.2, 0) is 16.2 Å². The highest BCUT2D eigenvalue weighted by Crippen LogP contribution is 2.18. The average molecular weight is 342 g/mol. The molecule has 2 saturated heterocycles. The topological polar surface area (TPSA) is 59.4 Å². The molecule has 2 fully saturated rings. The lowest BCUT2D eigenvalue weighted by atomic mass is 9.96. The number of carbonyl (C=O) groups excluding carboxylic acids is 1. The molecule has 0 spiro atoms. The van der Waals surface area contributed by atoms with Gasteiger partial charge in [0.2, 0.25) is 5.91 Å². The number of hydrogen-bond donors (Lipinski definition) is 1. The Labute approximate surface area is 139 Å². The quantitative estimate of drug-likeness (QED) is 0.825. The predicted molar refractivity (Wildman–Crippen MR) is 87.2 cm³/mol. The molecule has 0 aromatic carbocycles. The smallest absolute Gasteiger partial charge is 0.223 e. The average Bonchev–Trinajstić information content (AvgIpc) is 3.18. The van der Waals surface area contributed by atoms with E-state index in [0.29, 0.717) is 6.54 Å². The lowest BCUT2D eigenvalue weighted by Crippen LogP contribution is -2.42. The first kappa shape index (κ1) is 16.0. The summed E-state index contributed by atoms with van der Waals surface area (Å²) < 4.78 is 8.18. The third-order valence-electron chi connectivity index (χ3n) is 4.37. The molecule has 1 aromatic rings. The van der Waals surface area contributed by atoms with Gasteiger partial charge in [-0.15, -0.1) is 0 Å². The van der Waals surface area contributed by atoms with Crippen LogP contribution in [0.15, 0.2) is 5.51 Å². The predicted octanol–water partition coefficient (Wildman–Crippen LogP) is 1.64. The van der Waals surface area contributed by atoms with Crippen molar-refractivity contribution in [2.75, 3.05) is 26.2 Å². The van der Waals surface area contributed by atoms with Crippen LogP contribution in [0, 0.1) is 9.87 Å². The van der Waals surface area contributed by atoms with E-state index >= 15 is 0 Å². The number of amides is 1. The molecule has 0 bridgehead atoms. The number of carbonyl (C=O) groups is 1. The number of ether oxygens (including phenoxy) is 1. The number of hydrogen-bond acceptors (Lipinski definition) is 6. The molecular formula is C14H22N4O2S2. The lowest BCUT2D eigenvalue weighted by molar-refractivity contribution is -0.127. The van der Waals surface area contributed by atoms with Gasteiger partial charge in [0.1, 0.15) is 5.51 Å². The number of piperidine rings is 1. The van der Waals surface area contributed by atoms with Crippen molar-refractivity contribution in [3.63, 3.8) is 0 Å². The monoisotopic (exact) mass is 342 g/mol. The van der Waals surface area contributed by atoms with E-state index in [0.717, 1.165) is 56.0 Å². The van der Waals surface area contributed by atoms with Gasteiger partial charge in [0.15, 0.2) is 3.95 Å². The Morgan fingerprint density at radius 2 is 2.27 bits per heavy atom. The molecule has 122 valence electrons. The largest absolute Gasteiger partial charge is 0.376 e. The number of nitrogens with zero attached hydrogens (tertiary/aromatic N) is 3. The number of likely N-dealkylation sites (tertiary alicyclic amines) is 1. The summed E-state index contributed by atoms with van der Waals surface area (Å²) in [6.45, 7) is 4.05. The number of rotatable bonds is 5. The van der Waals surface area contributed by atoms with Gasteiger partial charge in [0, 0.05) is 32.2 Å². The Balaban J connectivity index is 1.40. The van der Waals surface area contributed by atoms with Crippen LogP contribution in [-0.4, -0.2) is 52.9 Å². The zero-order valence-electron chi connectivity index (χ0n) is 12.6. The summed E-state index contributed by atoms with van der Waals surface area (Å²) in [4.78, 5) is 14.5. The van der Waals surface area contributed by atoms with Crippen molar-refractivity contribution < 1.29 is 9.53 Å². The fraction of sp³-hybridized carbons (Fsp3) is 0.786. The summed E-state index contributed by atoms with van der Waals surface area (Å²) in [5, 5.41) is 7.28. The molecule has 0 saturated carbocycles. The van der Waals surface area contributed by atoms with E-state index < -0.39 is 0 Å². The summed E-state index contributed by atoms with van der Waals surface area (Å²) in [7, 11) is 0. The molecule has 2 aliphatic heterocycles. The first-order valence-corrected chi connectivity index (χ1v) is 9.13. The van der Waals surface area contributed by atoms with Gasteiger partial charge in [-0.1, -0.05) is 11.3 Å². The highest BCUT2D eigenvalue weighted by atomic mass is 32.1. The van der Waals surface area contributed by atoms with Gasteiger partial charge in [0.05, 0.1) is 12.8 Å². The standard InChI is InChI=1S/C14H22N4O2S2/c19-13(15-8-12-2-1-7-20-12)11-3-5-17(6-4-11)10-18-14(21)22-9-16-18/h9,11-12H,1-8,10H2,(H,15,19). The minimum Gasteiger partial charge on any atom is -0.376 e. The summed E-state index contributed by atoms with van der Waals surface area (Å²) >= 11 is 6.70. The fourth-order valence-electron chi connectivity index (χ4n) is 3.02. The minimum atomic E-state index is 0.126. The molecule has 2 aliphatic rings. The summed E-state index contributed by atoms with van der Waals surface area (Å²) in [5.74, 6) is 0.307. The molecule has 0 radical (unpaired) electrons. The molecule has 6 nitrogen and oxygen atoms in total. The van der Waals surface area contributed by atoms with Crippen molar-refractivity contribution >= 4 is 29.5 Å². The van der Waals surface area contributed by atoms with Crippen LogP contribution in [0.5, 0.6) is 0 Å². The Kier molecular flexibility index (Phi) is 5.56. The Hall–Kier alpha value is -0.830. The molecule has 22 heavy (non-hydrogen) atoms. The van der Waals surface area contributed by atoms with Crippen molar-refractivity contribution in [3.05, 3.63) is 9.46 Å². The van der Waals surface area contributed by atoms with Crippen molar-refractivity contribution in [2.45, 2.75) is 38.5 Å². The van der Waals surface area contributed by atoms with Gasteiger partial charge in [-0.25, -0.2) is 4.68 Å². The Morgan fingerprint density at radius 3 is 2.91 bits per heavy atom. The molecule has 1 N–H and O–H groups in total. The molecule has 1 aromatic heterocycles. The molecule has 1 amide bonds. The van der Waals surface area contributed by atoms with Gasteiger partial charge in [-0.3, -0.25) is 9.69 Å². The second-order valence-corrected chi connectivity index (χ2v) is 7.40. The van der Waals surface area contributed by atoms with Gasteiger partial charge < -0.3 is 10.1 Å². The van der Waals surface area contributed by atoms with Gasteiger partial charge in [-0.05, 0) is 37.9 Å². The summed E-state index contributed by atoms with van der Waals surface area (Å²) in [6.07, 6.45) is 4.19. The van der Waals surface area contributed by atoms with Crippen LogP contribution in [0.25, 0.3) is 0 Å². The highest BCUT2D eigenvalue weighted by Gasteiger charge is 2.26. The van der Waals surface area contributed by atoms with Crippen molar-refractivity contribution in [1.82, 2.24) is 20.0 Å². The van der Waals surface area contributed by atoms with E-state index in [2.05, 4.69) is 15.3 Å². The second-order valence-electron chi connectivity index (χ2n) is 5.92. The maximum Gasteiger partial charge on any atom is 0.223 e. The molecule has 1 atom stereocenters. The van der Waals surface area contributed by atoms with Crippen LogP contribution < -0.4 is 5.32 Å². The SMILES string of the molecule is O=C(NCC1CCCO1)C1CCN(Cn2ncsc2=S)CC1. The van der Waals surface area contributed by atoms with Crippen LogP contribution >= 0.6 is 23.6 Å². The van der Waals surface area contributed by atoms with Crippen LogP contribution in [0.2, 0.25) is 0 Å². The van der Waals surface area contributed by atoms with E-state index in [-0.39, 0.29) is 17.9 Å². The van der Waals surface area contributed by atoms with Crippen LogP contribution in [0.3, 0.4) is 0 Å². The molecule has 1 unspecified atom stereocenters. The lowest BCUT2D eigenvalue weighted by Gasteiger charge is -2.31. The maximum atomic E-state index is 12.2. The first-order valence-electron chi connectivity index (χ1n) is 7.84. The zero-order chi connectivity index (χ0) is 15.4. The molecule has 3 rings (SSSR count). The van der Waals surface area contributed by atoms with E-state index in [4.69, 9.17) is 17.0 Å². The van der Waals surface area contributed by atoms with E-state index in [1.54, 1.807) is 5.51 Å². The normalized spacial score (nSPS) is 23.7. The zero-order valence-corrected chi connectivity index (χ0v) is 14.2. The Morgan fingerprint density at radius 1 is 1.45 bits per heavy atom. The van der Waals surface area contributed by atoms with Crippen LogP contribution in [0.4, 0.5) is 0 Å². The molecule has 3 heterocycles. The van der Waals surface area contributed by atoms with E-state index in [1.165, 1.54) is 11.3 Å². The van der Waals surface area contributed by atoms with Gasteiger partial charge in [-0.2, -0.15) is 5.10 Å². The molecular weight excluding hydrogens is 320 g/mol. The van der Waals surface area contributed by atoms with Gasteiger partial charge >= 0.3 is 0 Å². The third-order valence-corrected chi connectivity index (χ3v) is 5.48. The summed E-state index contributed by atoms with van der Waals surface area (Å²) in [6, 6.07) is 0. The maximum absolute atomic E-state index is 12.2. The second kappa shape index (κ2) is 7.63. The number of nitrogens with one attached hydrogen (secondary N) is 1. The highest BCUT2D eigenvalue weighted by molar-refractivity contribution is 7.73. The molecule has 8 heteroatoms. The van der Waals surface area contributed by atoms with Crippen LogP contribution in [0.1, 0.15) is 25.7 Å². The van der Waals surface area contributed by atoms with Crippen molar-refractivity contribution in [1.29, 1.82) is 0 Å². The molecule has 0 aliphatic carbocycles. The number of aromatic nitrogens is 2. The fourth-order valence-corrected chi connectivity index (χ4v) is 3.73. The van der Waals surface area contributed by atoms with Crippen molar-refractivity contribution in [3.8, 4) is 0 Å². The van der Waals surface area contributed by atoms with Crippen molar-refractivity contribution in [2.24, 2.45) is 5.92 Å². The summed E-state index contributed by atoms with van der Waals surface area (Å²) in [5.41, 5.74) is 1.77. The first-order chi connectivity index (χ1) is 10.7. The van der Waals surface area contributed by atoms with Gasteiger partial charge in [0.25, 0.3) is 0 Å². The van der Waals surface area contributed by atoms with E-state index in [1.807, 2.05) is 4.68 Å². The Bertz CT molecular complexity index is 545.